The number of hydrogen-bond donors (Lipinski definition) is 1. The molecule has 3 aromatic rings. The Morgan fingerprint density at radius 2 is 1.65 bits per heavy atom. The monoisotopic (exact) mass is 461 g/mol. The average molecular weight is 462 g/mol. The average Bonchev–Trinajstić information content (AvgIpc) is 3.38. The van der Waals surface area contributed by atoms with Gasteiger partial charge >= 0.3 is 6.09 Å². The van der Waals surface area contributed by atoms with Gasteiger partial charge in [0.15, 0.2) is 5.76 Å². The molecule has 0 aliphatic carbocycles. The van der Waals surface area contributed by atoms with Crippen LogP contribution in [0.1, 0.15) is 66.3 Å². The zero-order chi connectivity index (χ0) is 24.3. The largest absolute Gasteiger partial charge is 0.444 e. The molecule has 2 aromatic carbocycles. The van der Waals surface area contributed by atoms with E-state index in [1.165, 1.54) is 4.90 Å². The van der Waals surface area contributed by atoms with Crippen LogP contribution in [0.15, 0.2) is 65.2 Å². The first kappa shape index (κ1) is 23.2. The highest BCUT2D eigenvalue weighted by Crippen LogP contribution is 2.35. The van der Waals surface area contributed by atoms with E-state index in [-0.39, 0.29) is 17.7 Å². The molecular weight excluding hydrogens is 434 g/mol. The van der Waals surface area contributed by atoms with Crippen molar-refractivity contribution < 1.29 is 23.5 Å². The minimum absolute atomic E-state index is 0.269. The minimum Gasteiger partial charge on any atom is -0.444 e. The maximum Gasteiger partial charge on any atom is 0.407 e. The van der Waals surface area contributed by atoms with Gasteiger partial charge in [-0.15, -0.1) is 0 Å². The number of fused-ring (bicyclic) bond motifs is 1. The van der Waals surface area contributed by atoms with Crippen LogP contribution in [0.2, 0.25) is 0 Å². The number of imide groups is 1. The van der Waals surface area contributed by atoms with E-state index in [4.69, 9.17) is 9.15 Å². The van der Waals surface area contributed by atoms with E-state index in [1.807, 2.05) is 30.3 Å². The summed E-state index contributed by atoms with van der Waals surface area (Å²) in [6.07, 6.45) is 1.90. The first-order chi connectivity index (χ1) is 16.2. The lowest BCUT2D eigenvalue weighted by Crippen LogP contribution is -2.36. The molecule has 2 heterocycles. The maximum atomic E-state index is 13.1. The topological polar surface area (TPSA) is 102 Å². The number of amides is 3. The Morgan fingerprint density at radius 1 is 1.03 bits per heavy atom. The van der Waals surface area contributed by atoms with E-state index >= 15 is 0 Å². The first-order valence-electron chi connectivity index (χ1n) is 11.2. The molecule has 0 bridgehead atoms. The van der Waals surface area contributed by atoms with Crippen molar-refractivity contribution in [3.63, 3.8) is 0 Å². The highest BCUT2D eigenvalue weighted by Gasteiger charge is 2.42. The molecule has 1 aliphatic rings. The summed E-state index contributed by atoms with van der Waals surface area (Å²) in [5.74, 6) is 0.0463. The molecule has 0 saturated carbocycles. The Hall–Kier alpha value is -3.94. The molecule has 176 valence electrons. The van der Waals surface area contributed by atoms with Gasteiger partial charge < -0.3 is 14.5 Å². The van der Waals surface area contributed by atoms with Gasteiger partial charge in [-0.25, -0.2) is 9.78 Å². The molecular formula is C26H27N3O5. The van der Waals surface area contributed by atoms with E-state index in [0.29, 0.717) is 36.3 Å². The van der Waals surface area contributed by atoms with Gasteiger partial charge in [0, 0.05) is 12.1 Å². The molecule has 1 aromatic heterocycles. The molecule has 0 fully saturated rings. The number of oxazole rings is 1. The standard InChI is InChI=1S/C26H27N3O5/c1-26(2,3)34-25(32)27-15-9-14-20(22-28-16-21(33-22)17-10-5-4-6-11-17)29-23(30)18-12-7-8-13-19(18)24(29)31/h4-8,10-13,16,20H,9,14-15H2,1-3H3,(H,27,32)/t20-/m0/s1. The number of aromatic nitrogens is 1. The zero-order valence-electron chi connectivity index (χ0n) is 19.4. The quantitative estimate of drug-likeness (QED) is 0.393. The molecule has 0 radical (unpaired) electrons. The van der Waals surface area contributed by atoms with Crippen molar-refractivity contribution in [1.29, 1.82) is 0 Å². The van der Waals surface area contributed by atoms with Crippen molar-refractivity contribution >= 4 is 17.9 Å². The fourth-order valence-corrected chi connectivity index (χ4v) is 3.83. The molecule has 4 rings (SSSR count). The Balaban J connectivity index is 1.54. The minimum atomic E-state index is -0.717. The Kier molecular flexibility index (Phi) is 6.49. The predicted octanol–water partition coefficient (Wildman–Crippen LogP) is 4.98. The van der Waals surface area contributed by atoms with Crippen molar-refractivity contribution in [2.45, 2.75) is 45.3 Å². The third-order valence-corrected chi connectivity index (χ3v) is 5.33. The van der Waals surface area contributed by atoms with Gasteiger partial charge in [-0.2, -0.15) is 0 Å². The Bertz CT molecular complexity index is 1160. The van der Waals surface area contributed by atoms with Crippen LogP contribution in [0.3, 0.4) is 0 Å². The van der Waals surface area contributed by atoms with Crippen LogP contribution < -0.4 is 5.32 Å². The number of hydrogen-bond acceptors (Lipinski definition) is 6. The molecule has 8 nitrogen and oxygen atoms in total. The number of ether oxygens (including phenoxy) is 1. The van der Waals surface area contributed by atoms with Gasteiger partial charge in [-0.1, -0.05) is 42.5 Å². The van der Waals surface area contributed by atoms with Crippen LogP contribution in [0.5, 0.6) is 0 Å². The molecule has 0 unspecified atom stereocenters. The van der Waals surface area contributed by atoms with E-state index in [9.17, 15) is 14.4 Å². The van der Waals surface area contributed by atoms with Gasteiger partial charge in [0.05, 0.1) is 17.3 Å². The highest BCUT2D eigenvalue weighted by atomic mass is 16.6. The van der Waals surface area contributed by atoms with Crippen molar-refractivity contribution in [2.24, 2.45) is 0 Å². The summed E-state index contributed by atoms with van der Waals surface area (Å²) < 4.78 is 11.3. The number of nitrogens with one attached hydrogen (secondary N) is 1. The third kappa shape index (κ3) is 5.01. The van der Waals surface area contributed by atoms with Crippen LogP contribution >= 0.6 is 0 Å². The lowest BCUT2D eigenvalue weighted by molar-refractivity contribution is 0.0502. The van der Waals surface area contributed by atoms with Gasteiger partial charge in [0.25, 0.3) is 11.8 Å². The molecule has 1 N–H and O–H groups in total. The van der Waals surface area contributed by atoms with Crippen molar-refractivity contribution in [1.82, 2.24) is 15.2 Å². The van der Waals surface area contributed by atoms with Crippen LogP contribution in [-0.2, 0) is 4.74 Å². The molecule has 8 heteroatoms. The summed E-state index contributed by atoms with van der Waals surface area (Å²) in [5, 5.41) is 2.71. The summed E-state index contributed by atoms with van der Waals surface area (Å²) in [6, 6.07) is 15.5. The van der Waals surface area contributed by atoms with E-state index in [1.54, 1.807) is 51.2 Å². The number of carbonyl (C=O) groups is 3. The van der Waals surface area contributed by atoms with E-state index in [0.717, 1.165) is 5.56 Å². The first-order valence-corrected chi connectivity index (χ1v) is 11.2. The highest BCUT2D eigenvalue weighted by molar-refractivity contribution is 6.21. The van der Waals surface area contributed by atoms with Gasteiger partial charge in [-0.05, 0) is 45.7 Å². The summed E-state index contributed by atoms with van der Waals surface area (Å²) in [6.45, 7) is 5.67. The smallest absolute Gasteiger partial charge is 0.407 e. The summed E-state index contributed by atoms with van der Waals surface area (Å²) in [4.78, 5) is 43.9. The SMILES string of the molecule is CC(C)(C)OC(=O)NCCC[C@@H](c1ncc(-c2ccccc2)o1)N1C(=O)c2ccccc2C1=O. The van der Waals surface area contributed by atoms with Crippen molar-refractivity contribution in [2.75, 3.05) is 6.54 Å². The van der Waals surface area contributed by atoms with Gasteiger partial charge in [-0.3, -0.25) is 14.5 Å². The third-order valence-electron chi connectivity index (χ3n) is 5.33. The Labute approximate surface area is 197 Å². The van der Waals surface area contributed by atoms with E-state index < -0.39 is 17.7 Å². The van der Waals surface area contributed by atoms with Crippen molar-refractivity contribution in [3.8, 4) is 11.3 Å². The lowest BCUT2D eigenvalue weighted by Gasteiger charge is -2.24. The van der Waals surface area contributed by atoms with Crippen LogP contribution in [0.25, 0.3) is 11.3 Å². The van der Waals surface area contributed by atoms with Crippen LogP contribution in [0, 0.1) is 0 Å². The number of alkyl carbamates (subject to hydrolysis) is 1. The number of nitrogens with zero attached hydrogens (tertiary/aromatic N) is 2. The second kappa shape index (κ2) is 9.51. The molecule has 1 aliphatic heterocycles. The fraction of sp³-hybridized carbons (Fsp3) is 0.308. The second-order valence-electron chi connectivity index (χ2n) is 9.04. The maximum absolute atomic E-state index is 13.1. The molecule has 0 saturated heterocycles. The normalized spacial score (nSPS) is 14.1. The van der Waals surface area contributed by atoms with Crippen molar-refractivity contribution in [3.05, 3.63) is 77.8 Å². The summed E-state index contributed by atoms with van der Waals surface area (Å²) >= 11 is 0. The van der Waals surface area contributed by atoms with Crippen LogP contribution in [0.4, 0.5) is 4.79 Å². The number of benzene rings is 2. The van der Waals surface area contributed by atoms with Gasteiger partial charge in [0.2, 0.25) is 5.89 Å². The molecule has 0 spiro atoms. The number of carbonyl (C=O) groups excluding carboxylic acids is 3. The second-order valence-corrected chi connectivity index (χ2v) is 9.04. The molecule has 3 amide bonds. The number of rotatable bonds is 7. The lowest BCUT2D eigenvalue weighted by atomic mass is 10.1. The zero-order valence-corrected chi connectivity index (χ0v) is 19.4. The van der Waals surface area contributed by atoms with Crippen LogP contribution in [-0.4, -0.2) is 39.9 Å². The predicted molar refractivity (Wildman–Crippen MR) is 125 cm³/mol. The summed E-state index contributed by atoms with van der Waals surface area (Å²) in [7, 11) is 0. The molecule has 1 atom stereocenters. The fourth-order valence-electron chi connectivity index (χ4n) is 3.83. The molecule has 34 heavy (non-hydrogen) atoms. The Morgan fingerprint density at radius 3 is 2.26 bits per heavy atom. The van der Waals surface area contributed by atoms with E-state index in [2.05, 4.69) is 10.3 Å². The van der Waals surface area contributed by atoms with Gasteiger partial charge in [0.1, 0.15) is 11.6 Å². The summed E-state index contributed by atoms with van der Waals surface area (Å²) in [5.41, 5.74) is 0.964.